The second kappa shape index (κ2) is 6.20. The molecular formula is C13H21NO3S. The van der Waals surface area contributed by atoms with Crippen molar-refractivity contribution in [2.75, 3.05) is 6.61 Å². The second-order valence-electron chi connectivity index (χ2n) is 4.56. The molecule has 0 aliphatic carbocycles. The van der Waals surface area contributed by atoms with Gasteiger partial charge in [-0.1, -0.05) is 13.8 Å². The molecule has 1 aromatic rings. The first-order valence-electron chi connectivity index (χ1n) is 6.12. The standard InChI is InChI=1S/C13H21NO3S/c1-5-17-12-6-8-13(9-7-12)18(15,16)14-11(4)10(2)3/h6-11,14H,5H2,1-4H3/t11-/m1/s1. The lowest BCUT2D eigenvalue weighted by Gasteiger charge is -2.17. The predicted molar refractivity (Wildman–Crippen MR) is 72.2 cm³/mol. The van der Waals surface area contributed by atoms with Crippen molar-refractivity contribution in [1.29, 1.82) is 0 Å². The average molecular weight is 271 g/mol. The molecule has 4 nitrogen and oxygen atoms in total. The van der Waals surface area contributed by atoms with Gasteiger partial charge in [0.15, 0.2) is 0 Å². The Balaban J connectivity index is 2.85. The van der Waals surface area contributed by atoms with Crippen LogP contribution in [0, 0.1) is 5.92 Å². The zero-order chi connectivity index (χ0) is 13.8. The molecule has 5 heteroatoms. The number of sulfonamides is 1. The molecule has 0 amide bonds. The van der Waals surface area contributed by atoms with E-state index >= 15 is 0 Å². The van der Waals surface area contributed by atoms with E-state index in [0.29, 0.717) is 12.4 Å². The summed E-state index contributed by atoms with van der Waals surface area (Å²) in [6, 6.07) is 6.35. The van der Waals surface area contributed by atoms with Crippen LogP contribution in [-0.4, -0.2) is 21.1 Å². The maximum absolute atomic E-state index is 12.1. The molecule has 18 heavy (non-hydrogen) atoms. The van der Waals surface area contributed by atoms with Gasteiger partial charge in [0.05, 0.1) is 11.5 Å². The van der Waals surface area contributed by atoms with Gasteiger partial charge in [-0.05, 0) is 44.0 Å². The zero-order valence-electron chi connectivity index (χ0n) is 11.3. The van der Waals surface area contributed by atoms with Crippen LogP contribution in [0.2, 0.25) is 0 Å². The molecule has 0 spiro atoms. The van der Waals surface area contributed by atoms with Crippen LogP contribution in [0.15, 0.2) is 29.2 Å². The zero-order valence-corrected chi connectivity index (χ0v) is 12.1. The Kier molecular flexibility index (Phi) is 5.16. The van der Waals surface area contributed by atoms with Crippen molar-refractivity contribution >= 4 is 10.0 Å². The lowest BCUT2D eigenvalue weighted by atomic mass is 10.1. The highest BCUT2D eigenvalue weighted by Gasteiger charge is 2.18. The van der Waals surface area contributed by atoms with Crippen molar-refractivity contribution in [1.82, 2.24) is 4.72 Å². The minimum atomic E-state index is -3.44. The van der Waals surface area contributed by atoms with Gasteiger partial charge >= 0.3 is 0 Å². The van der Waals surface area contributed by atoms with Gasteiger partial charge < -0.3 is 4.74 Å². The number of nitrogens with one attached hydrogen (secondary N) is 1. The predicted octanol–water partition coefficient (Wildman–Crippen LogP) is 2.41. The smallest absolute Gasteiger partial charge is 0.240 e. The van der Waals surface area contributed by atoms with Gasteiger partial charge in [-0.15, -0.1) is 0 Å². The van der Waals surface area contributed by atoms with Crippen molar-refractivity contribution in [2.24, 2.45) is 5.92 Å². The summed E-state index contributed by atoms with van der Waals surface area (Å²) in [7, 11) is -3.44. The Morgan fingerprint density at radius 2 is 1.72 bits per heavy atom. The van der Waals surface area contributed by atoms with Crippen LogP contribution in [0.3, 0.4) is 0 Å². The second-order valence-corrected chi connectivity index (χ2v) is 6.27. The third-order valence-corrected chi connectivity index (χ3v) is 4.36. The summed E-state index contributed by atoms with van der Waals surface area (Å²) in [6.07, 6.45) is 0. The van der Waals surface area contributed by atoms with E-state index in [1.807, 2.05) is 27.7 Å². The first kappa shape index (κ1) is 15.0. The Bertz CT molecular complexity index is 466. The van der Waals surface area contributed by atoms with Crippen LogP contribution in [0.1, 0.15) is 27.7 Å². The molecule has 0 saturated heterocycles. The van der Waals surface area contributed by atoms with E-state index in [1.165, 1.54) is 0 Å². The van der Waals surface area contributed by atoms with Crippen molar-refractivity contribution in [3.05, 3.63) is 24.3 Å². The summed E-state index contributed by atoms with van der Waals surface area (Å²) in [6.45, 7) is 8.26. The fraction of sp³-hybridized carbons (Fsp3) is 0.538. The average Bonchev–Trinajstić information content (AvgIpc) is 2.29. The number of ether oxygens (including phenoxy) is 1. The monoisotopic (exact) mass is 271 g/mol. The maximum atomic E-state index is 12.1. The topological polar surface area (TPSA) is 55.4 Å². The molecule has 0 fully saturated rings. The fourth-order valence-corrected chi connectivity index (χ4v) is 2.72. The van der Waals surface area contributed by atoms with Crippen LogP contribution in [-0.2, 0) is 10.0 Å². The van der Waals surface area contributed by atoms with Crippen LogP contribution in [0.25, 0.3) is 0 Å². The van der Waals surface area contributed by atoms with Crippen LogP contribution in [0.4, 0.5) is 0 Å². The number of hydrogen-bond donors (Lipinski definition) is 1. The Morgan fingerprint density at radius 1 is 1.17 bits per heavy atom. The number of hydrogen-bond acceptors (Lipinski definition) is 3. The van der Waals surface area contributed by atoms with E-state index in [9.17, 15) is 8.42 Å². The molecule has 1 N–H and O–H groups in total. The van der Waals surface area contributed by atoms with Crippen molar-refractivity contribution in [3.8, 4) is 5.75 Å². The molecule has 0 radical (unpaired) electrons. The molecular weight excluding hydrogens is 250 g/mol. The van der Waals surface area contributed by atoms with Crippen LogP contribution >= 0.6 is 0 Å². The first-order valence-corrected chi connectivity index (χ1v) is 7.60. The van der Waals surface area contributed by atoms with Gasteiger partial charge in [0.1, 0.15) is 5.75 Å². The molecule has 0 aliphatic heterocycles. The minimum absolute atomic E-state index is 0.0958. The van der Waals surface area contributed by atoms with E-state index in [-0.39, 0.29) is 16.9 Å². The maximum Gasteiger partial charge on any atom is 0.240 e. The summed E-state index contributed by atoms with van der Waals surface area (Å²) in [4.78, 5) is 0.262. The molecule has 0 heterocycles. The van der Waals surface area contributed by atoms with E-state index in [1.54, 1.807) is 24.3 Å². The summed E-state index contributed by atoms with van der Waals surface area (Å²) < 4.78 is 32.1. The highest BCUT2D eigenvalue weighted by Crippen LogP contribution is 2.16. The van der Waals surface area contributed by atoms with E-state index in [0.717, 1.165) is 0 Å². The summed E-state index contributed by atoms with van der Waals surface area (Å²) in [5.74, 6) is 0.927. The minimum Gasteiger partial charge on any atom is -0.494 e. The third-order valence-electron chi connectivity index (χ3n) is 2.79. The van der Waals surface area contributed by atoms with Crippen LogP contribution in [0.5, 0.6) is 5.75 Å². The highest BCUT2D eigenvalue weighted by atomic mass is 32.2. The van der Waals surface area contributed by atoms with Gasteiger partial charge in [0, 0.05) is 6.04 Å². The summed E-state index contributed by atoms with van der Waals surface area (Å²) in [5, 5.41) is 0. The number of rotatable bonds is 6. The SMILES string of the molecule is CCOc1ccc(S(=O)(=O)N[C@H](C)C(C)C)cc1. The van der Waals surface area contributed by atoms with Gasteiger partial charge in [-0.2, -0.15) is 0 Å². The Morgan fingerprint density at radius 3 is 2.17 bits per heavy atom. The van der Waals surface area contributed by atoms with E-state index < -0.39 is 10.0 Å². The van der Waals surface area contributed by atoms with Crippen molar-refractivity contribution in [3.63, 3.8) is 0 Å². The lowest BCUT2D eigenvalue weighted by molar-refractivity contribution is 0.340. The molecule has 0 bridgehead atoms. The summed E-state index contributed by atoms with van der Waals surface area (Å²) >= 11 is 0. The fourth-order valence-electron chi connectivity index (χ4n) is 1.33. The Hall–Kier alpha value is -1.07. The number of benzene rings is 1. The first-order chi connectivity index (χ1) is 8.36. The molecule has 0 aliphatic rings. The molecule has 1 atom stereocenters. The van der Waals surface area contributed by atoms with E-state index in [4.69, 9.17) is 4.74 Å². The molecule has 1 aromatic carbocycles. The van der Waals surface area contributed by atoms with Crippen molar-refractivity contribution < 1.29 is 13.2 Å². The van der Waals surface area contributed by atoms with Gasteiger partial charge in [0.25, 0.3) is 0 Å². The van der Waals surface area contributed by atoms with Crippen molar-refractivity contribution in [2.45, 2.75) is 38.6 Å². The van der Waals surface area contributed by atoms with Gasteiger partial charge in [-0.25, -0.2) is 13.1 Å². The molecule has 0 unspecified atom stereocenters. The Labute approximate surface area is 109 Å². The molecule has 0 aromatic heterocycles. The molecule has 102 valence electrons. The van der Waals surface area contributed by atoms with Crippen LogP contribution < -0.4 is 9.46 Å². The highest BCUT2D eigenvalue weighted by molar-refractivity contribution is 7.89. The van der Waals surface area contributed by atoms with Gasteiger partial charge in [-0.3, -0.25) is 0 Å². The van der Waals surface area contributed by atoms with Gasteiger partial charge in [0.2, 0.25) is 10.0 Å². The largest absolute Gasteiger partial charge is 0.494 e. The normalized spacial score (nSPS) is 13.6. The molecule has 1 rings (SSSR count). The third kappa shape index (κ3) is 3.99. The molecule has 0 saturated carbocycles. The lowest BCUT2D eigenvalue weighted by Crippen LogP contribution is -2.36. The quantitative estimate of drug-likeness (QED) is 0.864. The van der Waals surface area contributed by atoms with E-state index in [2.05, 4.69) is 4.72 Å². The summed E-state index contributed by atoms with van der Waals surface area (Å²) in [5.41, 5.74) is 0.